The van der Waals surface area contributed by atoms with Gasteiger partial charge in [-0.2, -0.15) is 0 Å². The Morgan fingerprint density at radius 2 is 1.59 bits per heavy atom. The third kappa shape index (κ3) is 4.82. The number of hydrogen-bond acceptors (Lipinski definition) is 5. The van der Waals surface area contributed by atoms with Crippen LogP contribution in [0.4, 0.5) is 0 Å². The Morgan fingerprint density at radius 1 is 1.00 bits per heavy atom. The van der Waals surface area contributed by atoms with E-state index >= 15 is 0 Å². The molecule has 1 atom stereocenters. The SMILES string of the molecule is CC[C@@H](NS(=O)(=O)c1cc2c(cc1OC)CCCC2)c1ccc(S(C)(=O)=O)cc1. The Labute approximate surface area is 173 Å². The normalized spacial score (nSPS) is 15.6. The van der Waals surface area contributed by atoms with Crippen LogP contribution >= 0.6 is 0 Å². The van der Waals surface area contributed by atoms with E-state index < -0.39 is 25.9 Å². The van der Waals surface area contributed by atoms with Gasteiger partial charge in [0.15, 0.2) is 9.84 Å². The minimum absolute atomic E-state index is 0.145. The van der Waals surface area contributed by atoms with Crippen molar-refractivity contribution in [1.29, 1.82) is 0 Å². The van der Waals surface area contributed by atoms with Gasteiger partial charge in [0.05, 0.1) is 12.0 Å². The number of rotatable bonds is 7. The molecular formula is C21H27NO5S2. The van der Waals surface area contributed by atoms with E-state index in [2.05, 4.69) is 4.72 Å². The molecule has 1 aliphatic carbocycles. The monoisotopic (exact) mass is 437 g/mol. The minimum Gasteiger partial charge on any atom is -0.495 e. The van der Waals surface area contributed by atoms with Gasteiger partial charge in [-0.3, -0.25) is 0 Å². The molecule has 0 fully saturated rings. The highest BCUT2D eigenvalue weighted by Gasteiger charge is 2.26. The maximum atomic E-state index is 13.2. The summed E-state index contributed by atoms with van der Waals surface area (Å²) in [6, 6.07) is 9.39. The number of fused-ring (bicyclic) bond motifs is 1. The summed E-state index contributed by atoms with van der Waals surface area (Å²) in [7, 11) is -5.65. The topological polar surface area (TPSA) is 89.5 Å². The predicted octanol–water partition coefficient (Wildman–Crippen LogP) is 3.41. The Bertz CT molecular complexity index is 1090. The second-order valence-electron chi connectivity index (χ2n) is 7.40. The van der Waals surface area contributed by atoms with Gasteiger partial charge in [0, 0.05) is 12.3 Å². The fraction of sp³-hybridized carbons (Fsp3) is 0.429. The van der Waals surface area contributed by atoms with Gasteiger partial charge < -0.3 is 4.74 Å². The van der Waals surface area contributed by atoms with Gasteiger partial charge in [0.25, 0.3) is 0 Å². The highest BCUT2D eigenvalue weighted by atomic mass is 32.2. The van der Waals surface area contributed by atoms with E-state index in [0.29, 0.717) is 17.7 Å². The molecule has 0 saturated carbocycles. The number of aryl methyl sites for hydroxylation is 2. The van der Waals surface area contributed by atoms with Gasteiger partial charge >= 0.3 is 0 Å². The fourth-order valence-corrected chi connectivity index (χ4v) is 5.83. The van der Waals surface area contributed by atoms with Gasteiger partial charge in [-0.25, -0.2) is 21.6 Å². The molecule has 0 aromatic heterocycles. The van der Waals surface area contributed by atoms with Gasteiger partial charge in [-0.05, 0) is 73.1 Å². The minimum atomic E-state index is -3.83. The van der Waals surface area contributed by atoms with Crippen molar-refractivity contribution < 1.29 is 21.6 Å². The first-order valence-electron chi connectivity index (χ1n) is 9.68. The summed E-state index contributed by atoms with van der Waals surface area (Å²) in [5, 5.41) is 0. The lowest BCUT2D eigenvalue weighted by molar-refractivity contribution is 0.400. The van der Waals surface area contributed by atoms with E-state index in [1.165, 1.54) is 19.2 Å². The average Bonchev–Trinajstić information content (AvgIpc) is 2.70. The van der Waals surface area contributed by atoms with Crippen LogP contribution in [0.15, 0.2) is 46.2 Å². The molecule has 3 rings (SSSR count). The summed E-state index contributed by atoms with van der Waals surface area (Å²) in [4.78, 5) is 0.349. The second-order valence-corrected chi connectivity index (χ2v) is 11.1. The Hall–Kier alpha value is -1.90. The number of sulfone groups is 1. The molecule has 0 amide bonds. The molecule has 1 N–H and O–H groups in total. The summed E-state index contributed by atoms with van der Waals surface area (Å²) >= 11 is 0. The van der Waals surface area contributed by atoms with Crippen molar-refractivity contribution in [2.24, 2.45) is 0 Å². The average molecular weight is 438 g/mol. The third-order valence-electron chi connectivity index (χ3n) is 5.33. The standard InChI is InChI=1S/C21H27NO5S2/c1-4-19(15-9-11-18(12-10-15)28(3,23)24)22-29(25,26)21-14-17-8-6-5-7-16(17)13-20(21)27-2/h9-14,19,22H,4-8H2,1-3H3/t19-/m1/s1. The highest BCUT2D eigenvalue weighted by molar-refractivity contribution is 7.90. The van der Waals surface area contributed by atoms with Crippen LogP contribution in [0.5, 0.6) is 5.75 Å². The number of methoxy groups -OCH3 is 1. The molecule has 6 nitrogen and oxygen atoms in total. The molecule has 0 spiro atoms. The fourth-order valence-electron chi connectivity index (χ4n) is 3.70. The van der Waals surface area contributed by atoms with E-state index in [-0.39, 0.29) is 9.79 Å². The van der Waals surface area contributed by atoms with E-state index in [4.69, 9.17) is 4.74 Å². The van der Waals surface area contributed by atoms with Crippen molar-refractivity contribution in [3.63, 3.8) is 0 Å². The van der Waals surface area contributed by atoms with Crippen molar-refractivity contribution in [1.82, 2.24) is 4.72 Å². The molecule has 0 bridgehead atoms. The van der Waals surface area contributed by atoms with Gasteiger partial charge in [0.2, 0.25) is 10.0 Å². The van der Waals surface area contributed by atoms with Crippen molar-refractivity contribution in [3.05, 3.63) is 53.1 Å². The zero-order chi connectivity index (χ0) is 21.2. The molecule has 0 radical (unpaired) electrons. The van der Waals surface area contributed by atoms with Gasteiger partial charge in [-0.15, -0.1) is 0 Å². The number of nitrogens with one attached hydrogen (secondary N) is 1. The molecular weight excluding hydrogens is 410 g/mol. The lowest BCUT2D eigenvalue weighted by atomic mass is 9.92. The van der Waals surface area contributed by atoms with Crippen LogP contribution in [-0.2, 0) is 32.7 Å². The van der Waals surface area contributed by atoms with Crippen LogP contribution in [0, 0.1) is 0 Å². The van der Waals surface area contributed by atoms with Crippen molar-refractivity contribution >= 4 is 19.9 Å². The molecule has 2 aromatic rings. The quantitative estimate of drug-likeness (QED) is 0.717. The second kappa shape index (κ2) is 8.45. The lowest BCUT2D eigenvalue weighted by Crippen LogP contribution is -2.29. The van der Waals surface area contributed by atoms with Crippen molar-refractivity contribution in [2.45, 2.75) is 54.9 Å². The Morgan fingerprint density at radius 3 is 2.10 bits per heavy atom. The Kier molecular flexibility index (Phi) is 6.36. The summed E-state index contributed by atoms with van der Waals surface area (Å²) in [6.45, 7) is 1.88. The first-order valence-corrected chi connectivity index (χ1v) is 13.1. The van der Waals surface area contributed by atoms with Gasteiger partial charge in [0.1, 0.15) is 10.6 Å². The maximum Gasteiger partial charge on any atom is 0.244 e. The van der Waals surface area contributed by atoms with Crippen LogP contribution in [0.3, 0.4) is 0 Å². The molecule has 158 valence electrons. The molecule has 0 unspecified atom stereocenters. The molecule has 0 aliphatic heterocycles. The van der Waals surface area contributed by atoms with Crippen LogP contribution in [-0.4, -0.2) is 30.2 Å². The van der Waals surface area contributed by atoms with Crippen LogP contribution in [0.1, 0.15) is 48.9 Å². The third-order valence-corrected chi connectivity index (χ3v) is 7.96. The molecule has 29 heavy (non-hydrogen) atoms. The van der Waals surface area contributed by atoms with Crippen molar-refractivity contribution in [3.8, 4) is 5.75 Å². The predicted molar refractivity (Wildman–Crippen MR) is 113 cm³/mol. The molecule has 1 aliphatic rings. The number of benzene rings is 2. The zero-order valence-corrected chi connectivity index (χ0v) is 18.6. The molecule has 0 heterocycles. The van der Waals surface area contributed by atoms with Crippen molar-refractivity contribution in [2.75, 3.05) is 13.4 Å². The first kappa shape index (κ1) is 21.8. The Balaban J connectivity index is 1.93. The smallest absolute Gasteiger partial charge is 0.244 e. The highest BCUT2D eigenvalue weighted by Crippen LogP contribution is 2.33. The summed E-state index contributed by atoms with van der Waals surface area (Å²) in [6.07, 6.45) is 5.61. The molecule has 0 saturated heterocycles. The van der Waals surface area contributed by atoms with Crippen LogP contribution < -0.4 is 9.46 Å². The van der Waals surface area contributed by atoms with E-state index in [9.17, 15) is 16.8 Å². The summed E-state index contributed by atoms with van der Waals surface area (Å²) < 4.78 is 57.8. The van der Waals surface area contributed by atoms with Crippen LogP contribution in [0.2, 0.25) is 0 Å². The van der Waals surface area contributed by atoms with E-state index in [1.54, 1.807) is 18.2 Å². The lowest BCUT2D eigenvalue weighted by Gasteiger charge is -2.22. The van der Waals surface area contributed by atoms with Gasteiger partial charge in [-0.1, -0.05) is 19.1 Å². The number of hydrogen-bond donors (Lipinski definition) is 1. The number of sulfonamides is 1. The van der Waals surface area contributed by atoms with Crippen LogP contribution in [0.25, 0.3) is 0 Å². The van der Waals surface area contributed by atoms with E-state index in [0.717, 1.165) is 43.1 Å². The summed E-state index contributed by atoms with van der Waals surface area (Å²) in [5.41, 5.74) is 2.92. The maximum absolute atomic E-state index is 13.2. The number of ether oxygens (including phenoxy) is 1. The summed E-state index contributed by atoms with van der Waals surface area (Å²) in [5.74, 6) is 0.348. The first-order chi connectivity index (χ1) is 13.7. The van der Waals surface area contributed by atoms with E-state index in [1.807, 2.05) is 13.0 Å². The zero-order valence-electron chi connectivity index (χ0n) is 16.9. The molecule has 8 heteroatoms. The largest absolute Gasteiger partial charge is 0.495 e. The molecule has 2 aromatic carbocycles.